The first-order chi connectivity index (χ1) is 19.5. The second-order valence-corrected chi connectivity index (χ2v) is 10.4. The highest BCUT2D eigenvalue weighted by Crippen LogP contribution is 2.39. The van der Waals surface area contributed by atoms with E-state index in [1.807, 2.05) is 92.0 Å². The van der Waals surface area contributed by atoms with Crippen molar-refractivity contribution in [1.82, 2.24) is 15.2 Å². The van der Waals surface area contributed by atoms with E-state index in [0.29, 0.717) is 36.6 Å². The average Bonchev–Trinajstić information content (AvgIpc) is 3.68. The lowest BCUT2D eigenvalue weighted by atomic mass is 9.92. The number of nitrogens with zero attached hydrogens (tertiary/aromatic N) is 2. The van der Waals surface area contributed by atoms with Crippen molar-refractivity contribution in [3.05, 3.63) is 106 Å². The number of aliphatic carboxylic acids is 1. The Morgan fingerprint density at radius 1 is 1.05 bits per heavy atom. The number of benzene rings is 2. The molecule has 3 aromatic heterocycles. The fraction of sp³-hybridized carbons (Fsp3) is 0.219. The normalized spacial score (nSPS) is 12.6. The molecule has 0 aliphatic carbocycles. The Balaban J connectivity index is 1.53. The summed E-state index contributed by atoms with van der Waals surface area (Å²) in [6.45, 7) is 4.34. The molecular formula is C32H31N3O4S. The molecule has 0 bridgehead atoms. The number of hydrogen-bond donors (Lipinski definition) is 2. The zero-order chi connectivity index (χ0) is 27.9. The van der Waals surface area contributed by atoms with Crippen LogP contribution in [-0.4, -0.2) is 26.3 Å². The maximum atomic E-state index is 12.0. The third-order valence-electron chi connectivity index (χ3n) is 6.88. The number of hydrogen-bond acceptors (Lipinski definition) is 6. The Bertz CT molecular complexity index is 1550. The highest BCUT2D eigenvalue weighted by molar-refractivity contribution is 7.07. The van der Waals surface area contributed by atoms with E-state index in [2.05, 4.69) is 20.6 Å². The predicted molar refractivity (Wildman–Crippen MR) is 156 cm³/mol. The summed E-state index contributed by atoms with van der Waals surface area (Å²) in [6, 6.07) is 23.3. The van der Waals surface area contributed by atoms with Crippen LogP contribution in [0.2, 0.25) is 0 Å². The third kappa shape index (κ3) is 6.40. The first-order valence-electron chi connectivity index (χ1n) is 13.2. The van der Waals surface area contributed by atoms with Gasteiger partial charge in [-0.2, -0.15) is 16.4 Å². The smallest absolute Gasteiger partial charge is 0.306 e. The number of aromatic amines is 1. The van der Waals surface area contributed by atoms with Crippen molar-refractivity contribution in [3.63, 3.8) is 0 Å². The SMILES string of the molecule is CCC(CC(Oc1cc(OCc2ccsc2)ccc1-c1cc(-c2ccccn2)[nH]n1)c1ccccc1C)C(=O)O. The summed E-state index contributed by atoms with van der Waals surface area (Å²) in [7, 11) is 0. The fourth-order valence-electron chi connectivity index (χ4n) is 4.60. The molecule has 2 atom stereocenters. The molecule has 2 unspecified atom stereocenters. The highest BCUT2D eigenvalue weighted by atomic mass is 32.1. The van der Waals surface area contributed by atoms with Crippen LogP contribution in [0.5, 0.6) is 11.5 Å². The molecule has 2 aromatic carbocycles. The Morgan fingerprint density at radius 3 is 2.62 bits per heavy atom. The van der Waals surface area contributed by atoms with E-state index in [9.17, 15) is 9.90 Å². The number of thiophene rings is 1. The summed E-state index contributed by atoms with van der Waals surface area (Å²) in [5, 5.41) is 21.6. The molecule has 3 heterocycles. The van der Waals surface area contributed by atoms with E-state index in [4.69, 9.17) is 9.47 Å². The van der Waals surface area contributed by atoms with Gasteiger partial charge in [-0.15, -0.1) is 0 Å². The van der Waals surface area contributed by atoms with Crippen molar-refractivity contribution in [2.75, 3.05) is 0 Å². The fourth-order valence-corrected chi connectivity index (χ4v) is 5.25. The van der Waals surface area contributed by atoms with Gasteiger partial charge in [0.1, 0.15) is 24.2 Å². The van der Waals surface area contributed by atoms with Crippen LogP contribution in [0.4, 0.5) is 0 Å². The number of ether oxygens (including phenoxy) is 2. The van der Waals surface area contributed by atoms with Crippen molar-refractivity contribution >= 4 is 17.3 Å². The van der Waals surface area contributed by atoms with Gasteiger partial charge in [-0.05, 0) is 77.2 Å². The molecule has 7 nitrogen and oxygen atoms in total. The first kappa shape index (κ1) is 27.1. The zero-order valence-electron chi connectivity index (χ0n) is 22.4. The molecule has 0 saturated carbocycles. The summed E-state index contributed by atoms with van der Waals surface area (Å²) in [5.41, 5.74) is 6.10. The van der Waals surface area contributed by atoms with E-state index in [1.165, 1.54) is 0 Å². The highest BCUT2D eigenvalue weighted by Gasteiger charge is 2.26. The van der Waals surface area contributed by atoms with Gasteiger partial charge in [-0.25, -0.2) is 0 Å². The van der Waals surface area contributed by atoms with Crippen LogP contribution in [0.25, 0.3) is 22.6 Å². The Morgan fingerprint density at radius 2 is 1.90 bits per heavy atom. The minimum atomic E-state index is -0.829. The van der Waals surface area contributed by atoms with Crippen molar-refractivity contribution in [2.24, 2.45) is 5.92 Å². The summed E-state index contributed by atoms with van der Waals surface area (Å²) in [6.07, 6.45) is 2.09. The molecule has 5 aromatic rings. The van der Waals surface area contributed by atoms with Gasteiger partial charge in [-0.1, -0.05) is 37.3 Å². The molecular weight excluding hydrogens is 522 g/mol. The van der Waals surface area contributed by atoms with Gasteiger partial charge in [0.2, 0.25) is 0 Å². The lowest BCUT2D eigenvalue weighted by Crippen LogP contribution is -2.20. The van der Waals surface area contributed by atoms with Crippen molar-refractivity contribution < 1.29 is 19.4 Å². The van der Waals surface area contributed by atoms with Gasteiger partial charge in [-0.3, -0.25) is 14.9 Å². The maximum Gasteiger partial charge on any atom is 0.306 e. The van der Waals surface area contributed by atoms with Crippen LogP contribution in [0.1, 0.15) is 42.6 Å². The molecule has 2 N–H and O–H groups in total. The molecule has 8 heteroatoms. The number of rotatable bonds is 12. The predicted octanol–water partition coefficient (Wildman–Crippen LogP) is 7.71. The first-order valence-corrected chi connectivity index (χ1v) is 14.2. The topological polar surface area (TPSA) is 97.3 Å². The maximum absolute atomic E-state index is 12.0. The summed E-state index contributed by atoms with van der Waals surface area (Å²) >= 11 is 1.63. The monoisotopic (exact) mass is 553 g/mol. The van der Waals surface area contributed by atoms with E-state index < -0.39 is 18.0 Å². The quantitative estimate of drug-likeness (QED) is 0.164. The van der Waals surface area contributed by atoms with Crippen LogP contribution in [0.15, 0.2) is 89.8 Å². The standard InChI is InChI=1S/C32H31N3O4S/c1-3-23(32(36)37)16-30(25-9-5-4-8-21(25)2)39-31-17-24(38-19-22-13-15-40-20-22)11-12-26(31)28-18-29(35-34-28)27-10-6-7-14-33-27/h4-15,17-18,20,23,30H,3,16,19H2,1-2H3,(H,34,35)(H,36,37). The molecule has 0 amide bonds. The lowest BCUT2D eigenvalue weighted by molar-refractivity contribution is -0.142. The minimum absolute atomic E-state index is 0.329. The van der Waals surface area contributed by atoms with Crippen LogP contribution >= 0.6 is 11.3 Å². The summed E-state index contributed by atoms with van der Waals surface area (Å²) in [5.74, 6) is -0.160. The number of carboxylic acid groups (broad SMARTS) is 1. The summed E-state index contributed by atoms with van der Waals surface area (Å²) in [4.78, 5) is 16.4. The van der Waals surface area contributed by atoms with Gasteiger partial charge in [0.05, 0.1) is 23.0 Å². The molecule has 0 aliphatic heterocycles. The largest absolute Gasteiger partial charge is 0.489 e. The van der Waals surface area contributed by atoms with Gasteiger partial charge < -0.3 is 14.6 Å². The van der Waals surface area contributed by atoms with Crippen molar-refractivity contribution in [3.8, 4) is 34.1 Å². The number of nitrogens with one attached hydrogen (secondary N) is 1. The van der Waals surface area contributed by atoms with Crippen LogP contribution in [-0.2, 0) is 11.4 Å². The molecule has 5 rings (SSSR count). The Kier molecular flexibility index (Phi) is 8.56. The Hall–Kier alpha value is -4.43. The van der Waals surface area contributed by atoms with E-state index in [0.717, 1.165) is 33.6 Å². The molecule has 40 heavy (non-hydrogen) atoms. The number of pyridine rings is 1. The van der Waals surface area contributed by atoms with E-state index >= 15 is 0 Å². The van der Waals surface area contributed by atoms with Crippen LogP contribution in [0, 0.1) is 12.8 Å². The van der Waals surface area contributed by atoms with Crippen LogP contribution < -0.4 is 9.47 Å². The number of H-pyrrole nitrogens is 1. The number of carboxylic acids is 1. The molecule has 204 valence electrons. The van der Waals surface area contributed by atoms with Gasteiger partial charge >= 0.3 is 5.97 Å². The number of aromatic nitrogens is 3. The van der Waals surface area contributed by atoms with Crippen LogP contribution in [0.3, 0.4) is 0 Å². The average molecular weight is 554 g/mol. The van der Waals surface area contributed by atoms with Crippen molar-refractivity contribution in [1.29, 1.82) is 0 Å². The second-order valence-electron chi connectivity index (χ2n) is 9.60. The van der Waals surface area contributed by atoms with Gasteiger partial charge in [0.15, 0.2) is 0 Å². The minimum Gasteiger partial charge on any atom is -0.489 e. The molecule has 0 saturated heterocycles. The number of aryl methyl sites for hydroxylation is 1. The van der Waals surface area contributed by atoms with E-state index in [1.54, 1.807) is 17.5 Å². The molecule has 0 spiro atoms. The van der Waals surface area contributed by atoms with Crippen molar-refractivity contribution in [2.45, 2.75) is 39.4 Å². The zero-order valence-corrected chi connectivity index (χ0v) is 23.2. The second kappa shape index (κ2) is 12.6. The summed E-state index contributed by atoms with van der Waals surface area (Å²) < 4.78 is 12.8. The van der Waals surface area contributed by atoms with Gasteiger partial charge in [0.25, 0.3) is 0 Å². The number of carbonyl (C=O) groups is 1. The third-order valence-corrected chi connectivity index (χ3v) is 7.61. The lowest BCUT2D eigenvalue weighted by Gasteiger charge is -2.25. The Labute approximate surface area is 237 Å². The molecule has 0 radical (unpaired) electrons. The van der Waals surface area contributed by atoms with E-state index in [-0.39, 0.29) is 0 Å². The molecule has 0 aliphatic rings. The molecule has 0 fully saturated rings. The van der Waals surface area contributed by atoms with Gasteiger partial charge in [0, 0.05) is 24.2 Å².